The van der Waals surface area contributed by atoms with Crippen molar-refractivity contribution in [3.63, 3.8) is 0 Å². The molecule has 1 nitrogen and oxygen atoms in total. The molecule has 1 aromatic rings. The van der Waals surface area contributed by atoms with Crippen molar-refractivity contribution in [3.05, 3.63) is 29.6 Å². The van der Waals surface area contributed by atoms with Gasteiger partial charge in [-0.3, -0.25) is 4.98 Å². The molecule has 0 radical (unpaired) electrons. The van der Waals surface area contributed by atoms with E-state index in [4.69, 9.17) is 11.6 Å². The van der Waals surface area contributed by atoms with Gasteiger partial charge in [0.15, 0.2) is 0 Å². The fourth-order valence-electron chi connectivity index (χ4n) is 0.705. The molecule has 0 N–H and O–H groups in total. The highest BCUT2D eigenvalue weighted by Crippen LogP contribution is 2.28. The number of rotatable bonds is 1. The lowest BCUT2D eigenvalue weighted by molar-refractivity contribution is 1.19. The third kappa shape index (κ3) is 1.70. The Balaban J connectivity index is 3.03. The first-order valence-electron chi connectivity index (χ1n) is 2.90. The second kappa shape index (κ2) is 3.35. The van der Waals surface area contributed by atoms with Gasteiger partial charge in [0, 0.05) is 18.0 Å². The monoisotopic (exact) mass is 219 g/mol. The number of halogens is 2. The summed E-state index contributed by atoms with van der Waals surface area (Å²) in [6, 6.07) is 1.94. The van der Waals surface area contributed by atoms with E-state index in [2.05, 4.69) is 20.9 Å². The van der Waals surface area contributed by atoms with Gasteiger partial charge in [-0.25, -0.2) is 0 Å². The number of aryl methyl sites for hydroxylation is 1. The molecule has 1 atom stereocenters. The van der Waals surface area contributed by atoms with Gasteiger partial charge in [0.05, 0.1) is 0 Å². The largest absolute Gasteiger partial charge is 0.264 e. The van der Waals surface area contributed by atoms with Gasteiger partial charge in [-0.2, -0.15) is 0 Å². The normalized spacial score (nSPS) is 13.1. The number of pyridine rings is 1. The highest BCUT2D eigenvalue weighted by atomic mass is 79.9. The summed E-state index contributed by atoms with van der Waals surface area (Å²) in [5, 5.41) is 0. The third-order valence-electron chi connectivity index (χ3n) is 1.31. The molecule has 3 heteroatoms. The van der Waals surface area contributed by atoms with Gasteiger partial charge >= 0.3 is 0 Å². The molecule has 0 bridgehead atoms. The average molecular weight is 220 g/mol. The minimum atomic E-state index is -0.124. The predicted octanol–water partition coefficient (Wildman–Crippen LogP) is 3.02. The maximum atomic E-state index is 5.79. The van der Waals surface area contributed by atoms with E-state index in [1.54, 1.807) is 12.4 Å². The molecule has 0 fully saturated rings. The number of nitrogens with zero attached hydrogens (tertiary/aromatic N) is 1. The molecule has 10 heavy (non-hydrogen) atoms. The molecule has 1 heterocycles. The summed E-state index contributed by atoms with van der Waals surface area (Å²) in [5.74, 6) is 0. The van der Waals surface area contributed by atoms with E-state index in [1.165, 1.54) is 0 Å². The standard InChI is InChI=1S/C7H7BrClN/c1-5-2-3-10-4-6(5)7(8)9/h2-4,7H,1H3. The van der Waals surface area contributed by atoms with Crippen molar-refractivity contribution in [1.82, 2.24) is 4.98 Å². The smallest absolute Gasteiger partial charge is 0.115 e. The van der Waals surface area contributed by atoms with Crippen molar-refractivity contribution in [3.8, 4) is 0 Å². The fourth-order valence-corrected chi connectivity index (χ4v) is 1.41. The molecule has 0 saturated heterocycles. The van der Waals surface area contributed by atoms with Crippen LogP contribution in [0.3, 0.4) is 0 Å². The summed E-state index contributed by atoms with van der Waals surface area (Å²) >= 11 is 9.04. The lowest BCUT2D eigenvalue weighted by Crippen LogP contribution is -1.87. The first-order chi connectivity index (χ1) is 4.72. The topological polar surface area (TPSA) is 12.9 Å². The molecule has 1 aromatic heterocycles. The van der Waals surface area contributed by atoms with E-state index >= 15 is 0 Å². The summed E-state index contributed by atoms with van der Waals surface area (Å²) in [4.78, 5) is 3.95. The van der Waals surface area contributed by atoms with E-state index in [9.17, 15) is 0 Å². The summed E-state index contributed by atoms with van der Waals surface area (Å²) in [6.45, 7) is 2.01. The molecule has 0 aliphatic rings. The highest BCUT2D eigenvalue weighted by Gasteiger charge is 2.04. The first-order valence-corrected chi connectivity index (χ1v) is 4.25. The molecule has 54 valence electrons. The van der Waals surface area contributed by atoms with Crippen LogP contribution in [0.15, 0.2) is 18.5 Å². The fraction of sp³-hybridized carbons (Fsp3) is 0.286. The van der Waals surface area contributed by atoms with Crippen LogP contribution in [-0.2, 0) is 0 Å². The first kappa shape index (κ1) is 8.02. The van der Waals surface area contributed by atoms with E-state index < -0.39 is 0 Å². The zero-order valence-electron chi connectivity index (χ0n) is 5.51. The summed E-state index contributed by atoms with van der Waals surface area (Å²) in [7, 11) is 0. The van der Waals surface area contributed by atoms with Crippen LogP contribution in [0.4, 0.5) is 0 Å². The molecule has 0 aliphatic heterocycles. The van der Waals surface area contributed by atoms with Crippen molar-refractivity contribution in [2.75, 3.05) is 0 Å². The Morgan fingerprint density at radius 1 is 1.70 bits per heavy atom. The van der Waals surface area contributed by atoms with Crippen molar-refractivity contribution >= 4 is 27.5 Å². The van der Waals surface area contributed by atoms with Crippen LogP contribution in [-0.4, -0.2) is 4.98 Å². The van der Waals surface area contributed by atoms with Crippen molar-refractivity contribution in [2.45, 2.75) is 11.2 Å². The SMILES string of the molecule is Cc1ccncc1C(Cl)Br. The Kier molecular flexibility index (Phi) is 2.69. The van der Waals surface area contributed by atoms with E-state index in [0.717, 1.165) is 11.1 Å². The zero-order chi connectivity index (χ0) is 7.56. The summed E-state index contributed by atoms with van der Waals surface area (Å²) < 4.78 is -0.124. The quantitative estimate of drug-likeness (QED) is 0.663. The number of alkyl halides is 2. The van der Waals surface area contributed by atoms with Crippen LogP contribution in [0.1, 0.15) is 15.4 Å². The number of hydrogen-bond acceptors (Lipinski definition) is 1. The third-order valence-corrected chi connectivity index (χ3v) is 2.04. The van der Waals surface area contributed by atoms with Crippen LogP contribution < -0.4 is 0 Å². The van der Waals surface area contributed by atoms with Crippen LogP contribution in [0.5, 0.6) is 0 Å². The Labute approximate surface area is 73.6 Å². The Morgan fingerprint density at radius 2 is 2.40 bits per heavy atom. The molecular weight excluding hydrogens is 213 g/mol. The van der Waals surface area contributed by atoms with Crippen molar-refractivity contribution in [1.29, 1.82) is 0 Å². The van der Waals surface area contributed by atoms with Gasteiger partial charge in [-0.1, -0.05) is 15.9 Å². The van der Waals surface area contributed by atoms with Crippen molar-refractivity contribution < 1.29 is 0 Å². The Morgan fingerprint density at radius 3 is 2.80 bits per heavy atom. The van der Waals surface area contributed by atoms with E-state index in [0.29, 0.717) is 0 Å². The van der Waals surface area contributed by atoms with Crippen molar-refractivity contribution in [2.24, 2.45) is 0 Å². The van der Waals surface area contributed by atoms with E-state index in [-0.39, 0.29) is 4.29 Å². The van der Waals surface area contributed by atoms with Crippen LogP contribution in [0, 0.1) is 6.92 Å². The molecule has 0 spiro atoms. The van der Waals surface area contributed by atoms with Crippen LogP contribution >= 0.6 is 27.5 Å². The summed E-state index contributed by atoms with van der Waals surface area (Å²) in [6.07, 6.45) is 3.52. The molecule has 0 aromatic carbocycles. The minimum absolute atomic E-state index is 0.124. The number of aromatic nitrogens is 1. The van der Waals surface area contributed by atoms with Gasteiger partial charge < -0.3 is 0 Å². The lowest BCUT2D eigenvalue weighted by atomic mass is 10.2. The molecule has 0 saturated carbocycles. The molecular formula is C7H7BrClN. The maximum Gasteiger partial charge on any atom is 0.115 e. The predicted molar refractivity (Wildman–Crippen MR) is 46.5 cm³/mol. The van der Waals surface area contributed by atoms with Crippen LogP contribution in [0.25, 0.3) is 0 Å². The highest BCUT2D eigenvalue weighted by molar-refractivity contribution is 9.09. The van der Waals surface area contributed by atoms with Gasteiger partial charge in [-0.05, 0) is 18.6 Å². The van der Waals surface area contributed by atoms with Gasteiger partial charge in [0.2, 0.25) is 0 Å². The number of hydrogen-bond donors (Lipinski definition) is 0. The molecule has 1 unspecified atom stereocenters. The van der Waals surface area contributed by atoms with Gasteiger partial charge in [0.25, 0.3) is 0 Å². The average Bonchev–Trinajstić information content (AvgIpc) is 1.88. The Bertz CT molecular complexity index is 225. The second-order valence-electron chi connectivity index (χ2n) is 2.03. The maximum absolute atomic E-state index is 5.79. The summed E-state index contributed by atoms with van der Waals surface area (Å²) in [5.41, 5.74) is 2.19. The van der Waals surface area contributed by atoms with E-state index in [1.807, 2.05) is 13.0 Å². The Hall–Kier alpha value is -0.0800. The minimum Gasteiger partial charge on any atom is -0.264 e. The zero-order valence-corrected chi connectivity index (χ0v) is 7.85. The van der Waals surface area contributed by atoms with Gasteiger partial charge in [-0.15, -0.1) is 11.6 Å². The lowest BCUT2D eigenvalue weighted by Gasteiger charge is -2.03. The molecule has 1 rings (SSSR count). The van der Waals surface area contributed by atoms with Crippen LogP contribution in [0.2, 0.25) is 0 Å². The second-order valence-corrected chi connectivity index (χ2v) is 3.91. The molecule has 0 aliphatic carbocycles. The molecule has 0 amide bonds. The van der Waals surface area contributed by atoms with Gasteiger partial charge in [0.1, 0.15) is 4.29 Å².